The predicted molar refractivity (Wildman–Crippen MR) is 101 cm³/mol. The lowest BCUT2D eigenvalue weighted by molar-refractivity contribution is 0.468. The van der Waals surface area contributed by atoms with Crippen LogP contribution in [-0.4, -0.2) is 5.11 Å². The van der Waals surface area contributed by atoms with Crippen LogP contribution in [0.4, 0.5) is 0 Å². The van der Waals surface area contributed by atoms with E-state index >= 15 is 0 Å². The van der Waals surface area contributed by atoms with Crippen molar-refractivity contribution in [3.63, 3.8) is 0 Å². The van der Waals surface area contributed by atoms with Crippen molar-refractivity contribution in [1.29, 1.82) is 0 Å². The molecule has 3 aromatic carbocycles. The van der Waals surface area contributed by atoms with Gasteiger partial charge in [-0.15, -0.1) is 0 Å². The van der Waals surface area contributed by atoms with Gasteiger partial charge in [-0.1, -0.05) is 80.6 Å². The molecule has 0 fully saturated rings. The molecule has 0 bridgehead atoms. The number of aryl methyl sites for hydroxylation is 1. The Balaban J connectivity index is 2.05. The van der Waals surface area contributed by atoms with Gasteiger partial charge in [0.1, 0.15) is 5.75 Å². The highest BCUT2D eigenvalue weighted by Gasteiger charge is 2.16. The highest BCUT2D eigenvalue weighted by Crippen LogP contribution is 2.37. The molecule has 1 nitrogen and oxygen atoms in total. The van der Waals surface area contributed by atoms with Gasteiger partial charge < -0.3 is 5.11 Å². The van der Waals surface area contributed by atoms with E-state index in [9.17, 15) is 5.11 Å². The van der Waals surface area contributed by atoms with Crippen LogP contribution in [0.2, 0.25) is 0 Å². The predicted octanol–water partition coefficient (Wildman–Crippen LogP) is 5.97. The number of hydrogen-bond acceptors (Lipinski definition) is 1. The summed E-state index contributed by atoms with van der Waals surface area (Å²) in [7, 11) is 0. The monoisotopic (exact) mass is 316 g/mol. The van der Waals surface area contributed by atoms with Crippen LogP contribution in [0.1, 0.15) is 36.5 Å². The summed E-state index contributed by atoms with van der Waals surface area (Å²) in [6.07, 6.45) is 1.76. The number of phenolic OH excluding ortho intramolecular Hbond substituents is 1. The first kappa shape index (κ1) is 16.3. The second-order valence-electron chi connectivity index (χ2n) is 6.53. The SMILES string of the molecule is CC(C)c1ccc(O)c(CCc2ccccc2)c1-c1ccccc1. The van der Waals surface area contributed by atoms with E-state index in [1.54, 1.807) is 0 Å². The van der Waals surface area contributed by atoms with Gasteiger partial charge in [0, 0.05) is 5.56 Å². The minimum atomic E-state index is 0.397. The summed E-state index contributed by atoms with van der Waals surface area (Å²) >= 11 is 0. The molecule has 0 unspecified atom stereocenters. The molecule has 122 valence electrons. The zero-order valence-corrected chi connectivity index (χ0v) is 14.4. The molecular weight excluding hydrogens is 292 g/mol. The van der Waals surface area contributed by atoms with Gasteiger partial charge in [0.15, 0.2) is 0 Å². The molecule has 0 saturated carbocycles. The molecule has 0 aliphatic heterocycles. The zero-order valence-electron chi connectivity index (χ0n) is 14.4. The van der Waals surface area contributed by atoms with Crippen molar-refractivity contribution in [2.45, 2.75) is 32.6 Å². The van der Waals surface area contributed by atoms with Crippen molar-refractivity contribution in [3.05, 3.63) is 89.5 Å². The molecule has 1 heteroatoms. The summed E-state index contributed by atoms with van der Waals surface area (Å²) < 4.78 is 0. The summed E-state index contributed by atoms with van der Waals surface area (Å²) in [5.74, 6) is 0.811. The lowest BCUT2D eigenvalue weighted by Gasteiger charge is -2.19. The topological polar surface area (TPSA) is 20.2 Å². The van der Waals surface area contributed by atoms with E-state index in [1.807, 2.05) is 18.2 Å². The van der Waals surface area contributed by atoms with E-state index in [1.165, 1.54) is 22.3 Å². The Hall–Kier alpha value is -2.54. The van der Waals surface area contributed by atoms with Crippen molar-refractivity contribution in [2.75, 3.05) is 0 Å². The van der Waals surface area contributed by atoms with Crippen LogP contribution in [0.5, 0.6) is 5.75 Å². The normalized spacial score (nSPS) is 11.0. The van der Waals surface area contributed by atoms with Crippen LogP contribution in [0.15, 0.2) is 72.8 Å². The average molecular weight is 316 g/mol. The molecule has 3 rings (SSSR count). The number of aromatic hydroxyl groups is 1. The molecule has 0 atom stereocenters. The second-order valence-corrected chi connectivity index (χ2v) is 6.53. The van der Waals surface area contributed by atoms with E-state index in [0.717, 1.165) is 18.4 Å². The molecule has 0 aliphatic carbocycles. The summed E-state index contributed by atoms with van der Waals surface area (Å²) in [6.45, 7) is 4.42. The van der Waals surface area contributed by atoms with Gasteiger partial charge in [-0.25, -0.2) is 0 Å². The number of rotatable bonds is 5. The van der Waals surface area contributed by atoms with Gasteiger partial charge in [-0.3, -0.25) is 0 Å². The molecule has 24 heavy (non-hydrogen) atoms. The second kappa shape index (κ2) is 7.35. The van der Waals surface area contributed by atoms with E-state index in [4.69, 9.17) is 0 Å². The molecular formula is C23H24O. The number of phenols is 1. The molecule has 0 amide bonds. The molecule has 0 saturated heterocycles. The van der Waals surface area contributed by atoms with Gasteiger partial charge >= 0.3 is 0 Å². The van der Waals surface area contributed by atoms with Crippen LogP contribution in [0.25, 0.3) is 11.1 Å². The van der Waals surface area contributed by atoms with Crippen molar-refractivity contribution < 1.29 is 5.11 Å². The van der Waals surface area contributed by atoms with Gasteiger partial charge in [-0.05, 0) is 47.1 Å². The fraction of sp³-hybridized carbons (Fsp3) is 0.217. The van der Waals surface area contributed by atoms with Crippen molar-refractivity contribution in [2.24, 2.45) is 0 Å². The van der Waals surface area contributed by atoms with Crippen molar-refractivity contribution in [1.82, 2.24) is 0 Å². The first-order chi connectivity index (χ1) is 11.7. The Kier molecular flexibility index (Phi) is 5.00. The maximum atomic E-state index is 10.5. The van der Waals surface area contributed by atoms with Crippen LogP contribution in [0, 0.1) is 0 Å². The quantitative estimate of drug-likeness (QED) is 0.615. The van der Waals surface area contributed by atoms with E-state index in [2.05, 4.69) is 68.4 Å². The third-order valence-corrected chi connectivity index (χ3v) is 4.51. The Morgan fingerprint density at radius 2 is 1.38 bits per heavy atom. The first-order valence-electron chi connectivity index (χ1n) is 8.61. The maximum absolute atomic E-state index is 10.5. The van der Waals surface area contributed by atoms with Crippen molar-refractivity contribution in [3.8, 4) is 16.9 Å². The molecule has 3 aromatic rings. The Labute approximate surface area is 144 Å². The minimum Gasteiger partial charge on any atom is -0.508 e. The molecule has 0 aliphatic rings. The summed E-state index contributed by atoms with van der Waals surface area (Å²) in [5.41, 5.74) is 6.02. The lowest BCUT2D eigenvalue weighted by atomic mass is 9.86. The smallest absolute Gasteiger partial charge is 0.119 e. The van der Waals surface area contributed by atoms with Gasteiger partial charge in [0.25, 0.3) is 0 Å². The zero-order chi connectivity index (χ0) is 16.9. The van der Waals surface area contributed by atoms with Crippen LogP contribution in [-0.2, 0) is 12.8 Å². The highest BCUT2D eigenvalue weighted by molar-refractivity contribution is 5.74. The third kappa shape index (κ3) is 3.51. The lowest BCUT2D eigenvalue weighted by Crippen LogP contribution is -2.01. The van der Waals surface area contributed by atoms with Gasteiger partial charge in [-0.2, -0.15) is 0 Å². The average Bonchev–Trinajstić information content (AvgIpc) is 2.61. The van der Waals surface area contributed by atoms with Gasteiger partial charge in [0.05, 0.1) is 0 Å². The Morgan fingerprint density at radius 1 is 0.750 bits per heavy atom. The largest absolute Gasteiger partial charge is 0.508 e. The summed E-state index contributed by atoms with van der Waals surface area (Å²) in [6, 6.07) is 24.8. The maximum Gasteiger partial charge on any atom is 0.119 e. The van der Waals surface area contributed by atoms with Crippen LogP contribution in [0.3, 0.4) is 0 Å². The number of benzene rings is 3. The molecule has 1 N–H and O–H groups in total. The van der Waals surface area contributed by atoms with E-state index in [0.29, 0.717) is 11.7 Å². The fourth-order valence-electron chi connectivity index (χ4n) is 3.25. The molecule has 0 heterocycles. The van der Waals surface area contributed by atoms with Crippen LogP contribution < -0.4 is 0 Å². The fourth-order valence-corrected chi connectivity index (χ4v) is 3.25. The Morgan fingerprint density at radius 3 is 2.00 bits per heavy atom. The van der Waals surface area contributed by atoms with Crippen LogP contribution >= 0.6 is 0 Å². The summed E-state index contributed by atoms with van der Waals surface area (Å²) in [5, 5.41) is 10.5. The first-order valence-corrected chi connectivity index (χ1v) is 8.61. The standard InChI is InChI=1S/C23H24O/c1-17(2)20-15-16-22(24)21(14-13-18-9-5-3-6-10-18)23(20)19-11-7-4-8-12-19/h3-12,15-17,24H,13-14H2,1-2H3. The third-order valence-electron chi connectivity index (χ3n) is 4.51. The molecule has 0 spiro atoms. The van der Waals surface area contributed by atoms with Gasteiger partial charge in [0.2, 0.25) is 0 Å². The summed E-state index contributed by atoms with van der Waals surface area (Å²) in [4.78, 5) is 0. The van der Waals surface area contributed by atoms with E-state index in [-0.39, 0.29) is 0 Å². The van der Waals surface area contributed by atoms with E-state index < -0.39 is 0 Å². The van der Waals surface area contributed by atoms with Crippen molar-refractivity contribution >= 4 is 0 Å². The molecule has 0 radical (unpaired) electrons. The highest BCUT2D eigenvalue weighted by atomic mass is 16.3. The number of hydrogen-bond donors (Lipinski definition) is 1. The molecule has 0 aromatic heterocycles. The minimum absolute atomic E-state index is 0.397. The Bertz CT molecular complexity index is 789.